The highest BCUT2D eigenvalue weighted by Crippen LogP contribution is 2.68. The molecule has 0 spiro atoms. The molecule has 2 bridgehead atoms. The number of aromatic nitrogens is 1. The molecule has 1 N–H and O–H groups in total. The van der Waals surface area contributed by atoms with Crippen molar-refractivity contribution in [1.29, 1.82) is 0 Å². The molecule has 3 fully saturated rings. The van der Waals surface area contributed by atoms with E-state index in [2.05, 4.69) is 17.1 Å². The Kier molecular flexibility index (Phi) is 4.79. The number of methoxy groups -OCH3 is 1. The first-order chi connectivity index (χ1) is 17.0. The summed E-state index contributed by atoms with van der Waals surface area (Å²) in [5.41, 5.74) is 1.71. The summed E-state index contributed by atoms with van der Waals surface area (Å²) in [5, 5.41) is 1.66. The van der Waals surface area contributed by atoms with Crippen LogP contribution in [0.4, 0.5) is 5.69 Å². The zero-order valence-corrected chi connectivity index (χ0v) is 21.0. The van der Waals surface area contributed by atoms with Crippen LogP contribution in [0.1, 0.15) is 22.8 Å². The van der Waals surface area contributed by atoms with Crippen molar-refractivity contribution < 1.29 is 14.3 Å². The second kappa shape index (κ2) is 7.72. The highest BCUT2D eigenvalue weighted by atomic mass is 35.5. The number of benzene rings is 2. The molecule has 178 valence electrons. The molecule has 1 saturated heterocycles. The number of carbonyl (C=O) groups is 2. The predicted octanol–water partition coefficient (Wildman–Crippen LogP) is 4.78. The van der Waals surface area contributed by atoms with E-state index >= 15 is 0 Å². The van der Waals surface area contributed by atoms with Crippen molar-refractivity contribution in [2.24, 2.45) is 29.6 Å². The lowest BCUT2D eigenvalue weighted by atomic mass is 9.68. The molecule has 2 saturated carbocycles. The van der Waals surface area contributed by atoms with Gasteiger partial charge in [-0.2, -0.15) is 0 Å². The van der Waals surface area contributed by atoms with Crippen LogP contribution in [-0.4, -0.2) is 29.2 Å². The van der Waals surface area contributed by atoms with Gasteiger partial charge in [-0.25, -0.2) is 0 Å². The molecule has 7 atom stereocenters. The first-order valence-corrected chi connectivity index (χ1v) is 13.7. The number of aromatic amines is 1. The Hall–Kier alpha value is -2.55. The zero-order valence-electron chi connectivity index (χ0n) is 18.6. The van der Waals surface area contributed by atoms with Crippen molar-refractivity contribution in [1.82, 2.24) is 4.98 Å². The maximum atomic E-state index is 13.7. The van der Waals surface area contributed by atoms with E-state index in [1.165, 1.54) is 16.2 Å². The van der Waals surface area contributed by atoms with Gasteiger partial charge in [0.1, 0.15) is 5.75 Å². The van der Waals surface area contributed by atoms with Gasteiger partial charge in [0, 0.05) is 21.1 Å². The average Bonchev–Trinajstić information content (AvgIpc) is 3.59. The molecule has 6 nitrogen and oxygen atoms in total. The Balaban J connectivity index is 1.31. The van der Waals surface area contributed by atoms with Gasteiger partial charge in [0.2, 0.25) is 11.8 Å². The lowest BCUT2D eigenvalue weighted by molar-refractivity contribution is -0.123. The summed E-state index contributed by atoms with van der Waals surface area (Å²) in [7, 11) is 1.64. The standard InChI is InChI=1S/C26H21ClN2O4S2/c1-33-14-8-2-11(3-9-14)17-18-15-10-16(21(18)34-23-22(17)35-26(32)28-23)20-19(15)24(30)29(25(20)31)13-6-4-12(27)5-7-13/h2-9,15-21H,10H2,1H3,(H,28,32)/t15-,16+,17-,18+,19+,20+,21+/m0/s1. The number of fused-ring (bicyclic) bond motifs is 9. The second-order valence-electron chi connectivity index (χ2n) is 9.72. The first-order valence-electron chi connectivity index (χ1n) is 11.6. The number of nitrogens with one attached hydrogen (secondary N) is 1. The van der Waals surface area contributed by atoms with Crippen LogP contribution in [0, 0.1) is 29.6 Å². The fourth-order valence-electron chi connectivity index (χ4n) is 7.05. The quantitative estimate of drug-likeness (QED) is 0.499. The van der Waals surface area contributed by atoms with Crippen LogP contribution in [0.5, 0.6) is 5.75 Å². The Morgan fingerprint density at radius 2 is 1.66 bits per heavy atom. The number of amides is 2. The number of carbonyl (C=O) groups excluding carboxylic acids is 2. The van der Waals surface area contributed by atoms with E-state index in [-0.39, 0.29) is 57.4 Å². The Labute approximate surface area is 214 Å². The van der Waals surface area contributed by atoms with E-state index in [1.54, 1.807) is 43.1 Å². The van der Waals surface area contributed by atoms with E-state index < -0.39 is 0 Å². The summed E-state index contributed by atoms with van der Waals surface area (Å²) >= 11 is 9.01. The molecule has 35 heavy (non-hydrogen) atoms. The number of hydrogen-bond donors (Lipinski definition) is 1. The molecule has 0 unspecified atom stereocenters. The number of imide groups is 1. The van der Waals surface area contributed by atoms with Crippen molar-refractivity contribution >= 4 is 52.2 Å². The van der Waals surface area contributed by atoms with Crippen molar-refractivity contribution in [2.75, 3.05) is 12.0 Å². The van der Waals surface area contributed by atoms with E-state index in [1.807, 2.05) is 12.1 Å². The maximum Gasteiger partial charge on any atom is 0.305 e. The average molecular weight is 525 g/mol. The molecular formula is C26H21ClN2O4S2. The summed E-state index contributed by atoms with van der Waals surface area (Å²) in [6.45, 7) is 0. The summed E-state index contributed by atoms with van der Waals surface area (Å²) in [5.74, 6) is 0.346. The van der Waals surface area contributed by atoms with Crippen molar-refractivity contribution in [3.63, 3.8) is 0 Å². The third-order valence-corrected chi connectivity index (χ3v) is 11.1. The number of rotatable bonds is 3. The van der Waals surface area contributed by atoms with E-state index in [9.17, 15) is 14.4 Å². The van der Waals surface area contributed by atoms with Crippen LogP contribution in [-0.2, 0) is 9.59 Å². The highest BCUT2D eigenvalue weighted by Gasteiger charge is 2.69. The number of ether oxygens (including phenoxy) is 1. The van der Waals surface area contributed by atoms with Gasteiger partial charge in [-0.1, -0.05) is 35.1 Å². The topological polar surface area (TPSA) is 79.5 Å². The number of halogens is 1. The molecule has 2 aliphatic heterocycles. The Morgan fingerprint density at radius 1 is 0.971 bits per heavy atom. The number of nitrogens with zero attached hydrogens (tertiary/aromatic N) is 1. The van der Waals surface area contributed by atoms with Gasteiger partial charge in [0.05, 0.1) is 29.7 Å². The van der Waals surface area contributed by atoms with Crippen molar-refractivity contribution in [2.45, 2.75) is 22.6 Å². The lowest BCUT2D eigenvalue weighted by Gasteiger charge is -2.43. The number of thioether (sulfide) groups is 1. The van der Waals surface area contributed by atoms with Crippen molar-refractivity contribution in [3.05, 3.63) is 73.7 Å². The van der Waals surface area contributed by atoms with Gasteiger partial charge >= 0.3 is 4.87 Å². The smallest absolute Gasteiger partial charge is 0.305 e. The lowest BCUT2D eigenvalue weighted by Crippen LogP contribution is -2.42. The monoisotopic (exact) mass is 524 g/mol. The van der Waals surface area contributed by atoms with E-state index in [0.717, 1.165) is 27.6 Å². The molecule has 2 aliphatic carbocycles. The minimum atomic E-state index is -0.317. The first kappa shape index (κ1) is 21.7. The van der Waals surface area contributed by atoms with Crippen LogP contribution in [0.15, 0.2) is 58.4 Å². The Bertz CT molecular complexity index is 1420. The number of thiazole rings is 1. The van der Waals surface area contributed by atoms with Gasteiger partial charge in [0.15, 0.2) is 0 Å². The van der Waals surface area contributed by atoms with Gasteiger partial charge in [-0.15, -0.1) is 11.8 Å². The van der Waals surface area contributed by atoms with Gasteiger partial charge < -0.3 is 9.72 Å². The minimum Gasteiger partial charge on any atom is -0.497 e. The van der Waals surface area contributed by atoms with Gasteiger partial charge in [-0.05, 0) is 66.1 Å². The number of H-pyrrole nitrogens is 1. The predicted molar refractivity (Wildman–Crippen MR) is 135 cm³/mol. The molecule has 9 heteroatoms. The molecule has 2 amide bonds. The molecule has 0 radical (unpaired) electrons. The van der Waals surface area contributed by atoms with Crippen LogP contribution >= 0.6 is 34.7 Å². The normalized spacial score (nSPS) is 32.5. The summed E-state index contributed by atoms with van der Waals surface area (Å²) in [6, 6.07) is 14.9. The summed E-state index contributed by atoms with van der Waals surface area (Å²) < 4.78 is 5.36. The Morgan fingerprint density at radius 3 is 2.34 bits per heavy atom. The third-order valence-electron chi connectivity index (χ3n) is 8.28. The summed E-state index contributed by atoms with van der Waals surface area (Å²) in [6.07, 6.45) is 0.870. The van der Waals surface area contributed by atoms with Gasteiger partial charge in [-0.3, -0.25) is 19.3 Å². The minimum absolute atomic E-state index is 0.00883. The fraction of sp³-hybridized carbons (Fsp3) is 0.346. The molecule has 3 heterocycles. The molecule has 7 rings (SSSR count). The fourth-order valence-corrected chi connectivity index (χ4v) is 10.1. The molecule has 3 aromatic rings. The largest absolute Gasteiger partial charge is 0.497 e. The van der Waals surface area contributed by atoms with Crippen LogP contribution in [0.2, 0.25) is 5.02 Å². The maximum absolute atomic E-state index is 13.7. The van der Waals surface area contributed by atoms with E-state index in [0.29, 0.717) is 10.7 Å². The number of hydrogen-bond acceptors (Lipinski definition) is 6. The zero-order chi connectivity index (χ0) is 24.0. The SMILES string of the molecule is COc1ccc([C@@H]2c3sc(=O)[nH]c3S[C@@H]3[C@@H]4C[C@H]([C@H]5C(=O)N(c6ccc(Cl)cc6)C(=O)[C@H]45)[C@H]23)cc1. The molecular weight excluding hydrogens is 504 g/mol. The van der Waals surface area contributed by atoms with Crippen LogP contribution in [0.3, 0.4) is 0 Å². The number of anilines is 1. The van der Waals surface area contributed by atoms with Crippen molar-refractivity contribution in [3.8, 4) is 5.75 Å². The molecule has 4 aliphatic rings. The molecule has 1 aromatic heterocycles. The highest BCUT2D eigenvalue weighted by molar-refractivity contribution is 8.00. The van der Waals surface area contributed by atoms with Crippen LogP contribution < -0.4 is 14.5 Å². The third kappa shape index (κ3) is 2.99. The summed E-state index contributed by atoms with van der Waals surface area (Å²) in [4.78, 5) is 45.1. The molecule has 2 aromatic carbocycles. The second-order valence-corrected chi connectivity index (χ2v) is 12.4. The van der Waals surface area contributed by atoms with E-state index in [4.69, 9.17) is 16.3 Å². The van der Waals surface area contributed by atoms with Crippen LogP contribution in [0.25, 0.3) is 0 Å². The van der Waals surface area contributed by atoms with Gasteiger partial charge in [0.25, 0.3) is 0 Å².